The van der Waals surface area contributed by atoms with Crippen LogP contribution in [0.25, 0.3) is 0 Å². The summed E-state index contributed by atoms with van der Waals surface area (Å²) in [7, 11) is 0. The lowest BCUT2D eigenvalue weighted by Crippen LogP contribution is -2.47. The second-order valence-corrected chi connectivity index (χ2v) is 8.96. The van der Waals surface area contributed by atoms with E-state index < -0.39 is 0 Å². The summed E-state index contributed by atoms with van der Waals surface area (Å²) in [6, 6.07) is 0. The van der Waals surface area contributed by atoms with Crippen molar-refractivity contribution in [2.45, 2.75) is 71.3 Å². The summed E-state index contributed by atoms with van der Waals surface area (Å²) in [5.74, 6) is 2.09. The Bertz CT molecular complexity index is 313. The summed E-state index contributed by atoms with van der Waals surface area (Å²) < 4.78 is 0. The zero-order chi connectivity index (χ0) is 14.2. The topological polar surface area (TPSA) is 15.3 Å². The van der Waals surface area contributed by atoms with Gasteiger partial charge in [0.1, 0.15) is 0 Å². The standard InChI is InChI=1S/C18H34N2/c1-17(2,3)19-13-18(9-4-5-10-18)14-20-11-15-7-6-8-16(15)12-20/h15-16,19H,4-14H2,1-3H3. The number of hydrogen-bond acceptors (Lipinski definition) is 2. The summed E-state index contributed by atoms with van der Waals surface area (Å²) in [5, 5.41) is 3.80. The molecule has 0 amide bonds. The molecule has 2 saturated carbocycles. The van der Waals surface area contributed by atoms with E-state index in [-0.39, 0.29) is 5.54 Å². The third-order valence-corrected chi connectivity index (χ3v) is 6.02. The monoisotopic (exact) mass is 278 g/mol. The van der Waals surface area contributed by atoms with Crippen LogP contribution in [0.4, 0.5) is 0 Å². The van der Waals surface area contributed by atoms with Crippen LogP contribution in [-0.4, -0.2) is 36.6 Å². The Morgan fingerprint density at radius 3 is 2.15 bits per heavy atom. The van der Waals surface area contributed by atoms with E-state index in [9.17, 15) is 0 Å². The van der Waals surface area contributed by atoms with Crippen LogP contribution in [0, 0.1) is 17.3 Å². The van der Waals surface area contributed by atoms with E-state index in [1.165, 1.54) is 71.1 Å². The van der Waals surface area contributed by atoms with Gasteiger partial charge < -0.3 is 10.2 Å². The average molecular weight is 278 g/mol. The highest BCUT2D eigenvalue weighted by atomic mass is 15.2. The zero-order valence-electron chi connectivity index (χ0n) is 13.9. The molecule has 1 heterocycles. The molecule has 2 heteroatoms. The number of rotatable bonds is 4. The Morgan fingerprint density at radius 1 is 1.00 bits per heavy atom. The van der Waals surface area contributed by atoms with Crippen molar-refractivity contribution in [3.05, 3.63) is 0 Å². The van der Waals surface area contributed by atoms with Crippen molar-refractivity contribution in [1.29, 1.82) is 0 Å². The van der Waals surface area contributed by atoms with E-state index in [4.69, 9.17) is 0 Å². The van der Waals surface area contributed by atoms with Crippen molar-refractivity contribution in [2.75, 3.05) is 26.2 Å². The quantitative estimate of drug-likeness (QED) is 0.844. The zero-order valence-corrected chi connectivity index (χ0v) is 13.9. The van der Waals surface area contributed by atoms with Crippen molar-refractivity contribution in [1.82, 2.24) is 10.2 Å². The Balaban J connectivity index is 1.57. The van der Waals surface area contributed by atoms with Gasteiger partial charge in [-0.2, -0.15) is 0 Å². The van der Waals surface area contributed by atoms with Gasteiger partial charge in [0.2, 0.25) is 0 Å². The van der Waals surface area contributed by atoms with Gasteiger partial charge in [-0.1, -0.05) is 19.3 Å². The van der Waals surface area contributed by atoms with Crippen LogP contribution in [0.3, 0.4) is 0 Å². The van der Waals surface area contributed by atoms with Crippen LogP contribution in [0.2, 0.25) is 0 Å². The van der Waals surface area contributed by atoms with Gasteiger partial charge in [0.25, 0.3) is 0 Å². The highest BCUT2D eigenvalue weighted by Crippen LogP contribution is 2.43. The Morgan fingerprint density at radius 2 is 1.60 bits per heavy atom. The van der Waals surface area contributed by atoms with E-state index in [1.54, 1.807) is 0 Å². The molecule has 3 rings (SSSR count). The van der Waals surface area contributed by atoms with Crippen LogP contribution < -0.4 is 5.32 Å². The SMILES string of the molecule is CC(C)(C)NCC1(CN2CC3CCCC3C2)CCCC1. The van der Waals surface area contributed by atoms with Gasteiger partial charge in [0.05, 0.1) is 0 Å². The normalized spacial score (nSPS) is 33.8. The third kappa shape index (κ3) is 3.39. The number of hydrogen-bond donors (Lipinski definition) is 1. The number of likely N-dealkylation sites (tertiary alicyclic amines) is 1. The van der Waals surface area contributed by atoms with E-state index in [0.717, 1.165) is 11.8 Å². The molecule has 0 aromatic heterocycles. The molecular weight excluding hydrogens is 244 g/mol. The Kier molecular flexibility index (Phi) is 4.16. The number of nitrogens with one attached hydrogen (secondary N) is 1. The molecule has 2 atom stereocenters. The molecule has 0 aromatic rings. The lowest BCUT2D eigenvalue weighted by Gasteiger charge is -2.37. The summed E-state index contributed by atoms with van der Waals surface area (Å²) in [6.07, 6.45) is 10.3. The molecule has 1 N–H and O–H groups in total. The lowest BCUT2D eigenvalue weighted by molar-refractivity contribution is 0.153. The molecule has 3 fully saturated rings. The first kappa shape index (κ1) is 14.8. The van der Waals surface area contributed by atoms with Crippen LogP contribution in [0.5, 0.6) is 0 Å². The Labute approximate surface area is 125 Å². The fourth-order valence-electron chi connectivity index (χ4n) is 4.90. The summed E-state index contributed by atoms with van der Waals surface area (Å²) in [6.45, 7) is 12.3. The number of nitrogens with zero attached hydrogens (tertiary/aromatic N) is 1. The molecule has 1 aliphatic heterocycles. The number of fused-ring (bicyclic) bond motifs is 1. The van der Waals surface area contributed by atoms with Gasteiger partial charge in [-0.25, -0.2) is 0 Å². The third-order valence-electron chi connectivity index (χ3n) is 6.02. The fraction of sp³-hybridized carbons (Fsp3) is 1.00. The highest BCUT2D eigenvalue weighted by molar-refractivity contribution is 4.95. The molecule has 2 unspecified atom stereocenters. The molecule has 2 nitrogen and oxygen atoms in total. The maximum absolute atomic E-state index is 3.80. The molecule has 0 aromatic carbocycles. The van der Waals surface area contributed by atoms with E-state index in [0.29, 0.717) is 5.41 Å². The molecule has 20 heavy (non-hydrogen) atoms. The molecule has 0 bridgehead atoms. The second kappa shape index (κ2) is 5.61. The summed E-state index contributed by atoms with van der Waals surface area (Å²) in [4.78, 5) is 2.82. The highest BCUT2D eigenvalue weighted by Gasteiger charge is 2.41. The molecule has 116 valence electrons. The smallest absolute Gasteiger partial charge is 0.00967 e. The Hall–Kier alpha value is -0.0800. The van der Waals surface area contributed by atoms with Crippen LogP contribution in [0.1, 0.15) is 65.7 Å². The van der Waals surface area contributed by atoms with Crippen molar-refractivity contribution < 1.29 is 0 Å². The van der Waals surface area contributed by atoms with Gasteiger partial charge in [-0.15, -0.1) is 0 Å². The van der Waals surface area contributed by atoms with Crippen LogP contribution in [-0.2, 0) is 0 Å². The minimum atomic E-state index is 0.261. The maximum Gasteiger partial charge on any atom is 0.00967 e. The van der Waals surface area contributed by atoms with E-state index >= 15 is 0 Å². The molecular formula is C18H34N2. The minimum Gasteiger partial charge on any atom is -0.311 e. The van der Waals surface area contributed by atoms with Gasteiger partial charge >= 0.3 is 0 Å². The van der Waals surface area contributed by atoms with Crippen molar-refractivity contribution >= 4 is 0 Å². The maximum atomic E-state index is 3.80. The average Bonchev–Trinajstić information content (AvgIpc) is 3.02. The first-order valence-electron chi connectivity index (χ1n) is 8.93. The van der Waals surface area contributed by atoms with Gasteiger partial charge in [0, 0.05) is 31.7 Å². The summed E-state index contributed by atoms with van der Waals surface area (Å²) >= 11 is 0. The molecule has 0 spiro atoms. The molecule has 0 radical (unpaired) electrons. The van der Waals surface area contributed by atoms with E-state index in [1.807, 2.05) is 0 Å². The van der Waals surface area contributed by atoms with Gasteiger partial charge in [-0.3, -0.25) is 0 Å². The van der Waals surface area contributed by atoms with Crippen molar-refractivity contribution in [2.24, 2.45) is 17.3 Å². The molecule has 2 aliphatic carbocycles. The van der Waals surface area contributed by atoms with Crippen LogP contribution >= 0.6 is 0 Å². The molecule has 3 aliphatic rings. The second-order valence-electron chi connectivity index (χ2n) is 8.96. The molecule has 1 saturated heterocycles. The summed E-state index contributed by atoms with van der Waals surface area (Å²) in [5.41, 5.74) is 0.836. The predicted molar refractivity (Wildman–Crippen MR) is 85.9 cm³/mol. The van der Waals surface area contributed by atoms with E-state index in [2.05, 4.69) is 31.0 Å². The first-order valence-corrected chi connectivity index (χ1v) is 8.93. The predicted octanol–water partition coefficient (Wildman–Crippen LogP) is 3.67. The minimum absolute atomic E-state index is 0.261. The van der Waals surface area contributed by atoms with Crippen molar-refractivity contribution in [3.63, 3.8) is 0 Å². The largest absolute Gasteiger partial charge is 0.311 e. The fourth-order valence-corrected chi connectivity index (χ4v) is 4.90. The van der Waals surface area contributed by atoms with Gasteiger partial charge in [-0.05, 0) is 63.7 Å². The lowest BCUT2D eigenvalue weighted by atomic mass is 9.84. The van der Waals surface area contributed by atoms with Crippen LogP contribution in [0.15, 0.2) is 0 Å². The van der Waals surface area contributed by atoms with Gasteiger partial charge in [0.15, 0.2) is 0 Å². The van der Waals surface area contributed by atoms with Crippen molar-refractivity contribution in [3.8, 4) is 0 Å². The first-order chi connectivity index (χ1) is 9.46.